The van der Waals surface area contributed by atoms with E-state index in [0.717, 1.165) is 0 Å². The van der Waals surface area contributed by atoms with Crippen molar-refractivity contribution < 1.29 is 22.7 Å². The van der Waals surface area contributed by atoms with Crippen molar-refractivity contribution in [1.82, 2.24) is 14.5 Å². The fourth-order valence-electron chi connectivity index (χ4n) is 2.21. The lowest BCUT2D eigenvalue weighted by molar-refractivity contribution is -0.189. The monoisotopic (exact) mass is 434 g/mol. The summed E-state index contributed by atoms with van der Waals surface area (Å²) in [5, 5.41) is 0.121. The summed E-state index contributed by atoms with van der Waals surface area (Å²) in [6.45, 7) is 0. The van der Waals surface area contributed by atoms with E-state index in [1.165, 1.54) is 22.9 Å². The minimum atomic E-state index is -5.16. The Morgan fingerprint density at radius 1 is 1.32 bits per heavy atom. The maximum absolute atomic E-state index is 12.5. The van der Waals surface area contributed by atoms with Crippen LogP contribution in [0, 0.1) is 0 Å². The minimum absolute atomic E-state index is 0.0809. The molecule has 3 aromatic rings. The first-order chi connectivity index (χ1) is 11.7. The standard InChI is InChI=1S/C14H7BrClF3N4O2/c15-6-1-2-7-8(5-6)23(9-3-4-21-13(16)22-9)11(20)10(7)25-12(24)14(17,18)19/h1-5H,20H2. The lowest BCUT2D eigenvalue weighted by Gasteiger charge is -2.08. The molecule has 2 aromatic heterocycles. The van der Waals surface area contributed by atoms with Gasteiger partial charge in [-0.15, -0.1) is 0 Å². The molecular formula is C14H7BrClF3N4O2. The minimum Gasteiger partial charge on any atom is -0.415 e. The largest absolute Gasteiger partial charge is 0.491 e. The molecule has 0 bridgehead atoms. The quantitative estimate of drug-likeness (QED) is 0.488. The summed E-state index contributed by atoms with van der Waals surface area (Å²) in [7, 11) is 0. The second kappa shape index (κ2) is 6.19. The molecule has 0 radical (unpaired) electrons. The van der Waals surface area contributed by atoms with Gasteiger partial charge in [0.15, 0.2) is 11.6 Å². The Bertz CT molecular complexity index is 990. The Morgan fingerprint density at radius 3 is 2.68 bits per heavy atom. The van der Waals surface area contributed by atoms with Gasteiger partial charge in [0, 0.05) is 16.1 Å². The molecule has 130 valence electrons. The normalized spacial score (nSPS) is 11.7. The third kappa shape index (κ3) is 3.27. The third-order valence-corrected chi connectivity index (χ3v) is 3.86. The van der Waals surface area contributed by atoms with Gasteiger partial charge in [0.1, 0.15) is 5.82 Å². The second-order valence-electron chi connectivity index (χ2n) is 4.78. The second-order valence-corrected chi connectivity index (χ2v) is 6.04. The fraction of sp³-hybridized carbons (Fsp3) is 0.0714. The molecule has 25 heavy (non-hydrogen) atoms. The predicted octanol–water partition coefficient (Wildman–Crippen LogP) is 3.89. The number of nitrogens with zero attached hydrogens (tertiary/aromatic N) is 3. The average Bonchev–Trinajstić information content (AvgIpc) is 2.78. The van der Waals surface area contributed by atoms with Gasteiger partial charge in [-0.2, -0.15) is 18.2 Å². The number of benzene rings is 1. The van der Waals surface area contributed by atoms with Gasteiger partial charge in [-0.3, -0.25) is 4.57 Å². The number of carbonyl (C=O) groups excluding carboxylic acids is 1. The highest BCUT2D eigenvalue weighted by Crippen LogP contribution is 2.39. The van der Waals surface area contributed by atoms with Crippen LogP contribution in [-0.2, 0) is 4.79 Å². The summed E-state index contributed by atoms with van der Waals surface area (Å²) in [6, 6.07) is 6.09. The molecule has 0 spiro atoms. The Balaban J connectivity index is 2.26. The number of nitrogens with two attached hydrogens (primary N) is 1. The van der Waals surface area contributed by atoms with E-state index in [1.54, 1.807) is 12.1 Å². The van der Waals surface area contributed by atoms with E-state index in [-0.39, 0.29) is 22.3 Å². The Kier molecular flexibility index (Phi) is 4.33. The summed E-state index contributed by atoms with van der Waals surface area (Å²) < 4.78 is 44.1. The first kappa shape index (κ1) is 17.5. The zero-order valence-electron chi connectivity index (χ0n) is 12.0. The zero-order chi connectivity index (χ0) is 18.4. The number of ether oxygens (including phenoxy) is 1. The number of alkyl halides is 3. The van der Waals surface area contributed by atoms with Crippen molar-refractivity contribution in [2.24, 2.45) is 0 Å². The van der Waals surface area contributed by atoms with Crippen LogP contribution in [0.4, 0.5) is 19.0 Å². The number of aromatic nitrogens is 3. The van der Waals surface area contributed by atoms with E-state index in [4.69, 9.17) is 17.3 Å². The first-order valence-electron chi connectivity index (χ1n) is 6.56. The number of nitrogen functional groups attached to an aromatic ring is 1. The number of esters is 1. The average molecular weight is 436 g/mol. The van der Waals surface area contributed by atoms with E-state index in [9.17, 15) is 18.0 Å². The van der Waals surface area contributed by atoms with Crippen LogP contribution in [0.25, 0.3) is 16.7 Å². The van der Waals surface area contributed by atoms with E-state index in [1.807, 2.05) is 0 Å². The van der Waals surface area contributed by atoms with Crippen LogP contribution >= 0.6 is 27.5 Å². The Labute approximate surface area is 151 Å². The van der Waals surface area contributed by atoms with Crippen molar-refractivity contribution in [2.75, 3.05) is 5.73 Å². The van der Waals surface area contributed by atoms with Gasteiger partial charge < -0.3 is 10.5 Å². The summed E-state index contributed by atoms with van der Waals surface area (Å²) in [6.07, 6.45) is -3.80. The van der Waals surface area contributed by atoms with Gasteiger partial charge in [0.2, 0.25) is 5.28 Å². The fourth-order valence-corrected chi connectivity index (χ4v) is 2.70. The molecule has 11 heteroatoms. The van der Waals surface area contributed by atoms with Crippen molar-refractivity contribution in [2.45, 2.75) is 6.18 Å². The summed E-state index contributed by atoms with van der Waals surface area (Å²) >= 11 is 9.03. The van der Waals surface area contributed by atoms with Gasteiger partial charge >= 0.3 is 12.1 Å². The SMILES string of the molecule is Nc1c(OC(=O)C(F)(F)F)c2ccc(Br)cc2n1-c1ccnc(Cl)n1. The van der Waals surface area contributed by atoms with Crippen LogP contribution in [0.1, 0.15) is 0 Å². The van der Waals surface area contributed by atoms with Gasteiger partial charge in [0.05, 0.1) is 5.52 Å². The molecule has 0 aliphatic heterocycles. The predicted molar refractivity (Wildman–Crippen MR) is 87.7 cm³/mol. The molecule has 0 atom stereocenters. The van der Waals surface area contributed by atoms with Gasteiger partial charge in [-0.25, -0.2) is 9.78 Å². The number of hydrogen-bond donors (Lipinski definition) is 1. The van der Waals surface area contributed by atoms with Crippen molar-refractivity contribution >= 4 is 50.2 Å². The van der Waals surface area contributed by atoms with Crippen LogP contribution in [0.15, 0.2) is 34.9 Å². The van der Waals surface area contributed by atoms with E-state index < -0.39 is 17.9 Å². The highest BCUT2D eigenvalue weighted by atomic mass is 79.9. The van der Waals surface area contributed by atoms with Crippen molar-refractivity contribution in [3.8, 4) is 11.6 Å². The van der Waals surface area contributed by atoms with Crippen LogP contribution in [0.5, 0.6) is 5.75 Å². The number of halogens is 5. The highest BCUT2D eigenvalue weighted by molar-refractivity contribution is 9.10. The van der Waals surface area contributed by atoms with Crippen LogP contribution in [-0.4, -0.2) is 26.7 Å². The number of carbonyl (C=O) groups is 1. The van der Waals surface area contributed by atoms with E-state index in [2.05, 4.69) is 30.6 Å². The lowest BCUT2D eigenvalue weighted by Crippen LogP contribution is -2.28. The highest BCUT2D eigenvalue weighted by Gasteiger charge is 2.42. The number of anilines is 1. The molecular weight excluding hydrogens is 429 g/mol. The molecule has 0 fully saturated rings. The molecule has 0 unspecified atom stereocenters. The zero-order valence-corrected chi connectivity index (χ0v) is 14.4. The Hall–Kier alpha value is -2.33. The summed E-state index contributed by atoms with van der Waals surface area (Å²) in [5.41, 5.74) is 6.31. The van der Waals surface area contributed by atoms with Crippen molar-refractivity contribution in [1.29, 1.82) is 0 Å². The Morgan fingerprint density at radius 2 is 2.04 bits per heavy atom. The van der Waals surface area contributed by atoms with Crippen LogP contribution in [0.2, 0.25) is 5.28 Å². The maximum atomic E-state index is 12.5. The molecule has 0 aliphatic rings. The molecule has 1 aromatic carbocycles. The van der Waals surface area contributed by atoms with Gasteiger partial charge in [-0.05, 0) is 35.9 Å². The molecule has 2 N–H and O–H groups in total. The lowest BCUT2D eigenvalue weighted by atomic mass is 10.2. The number of fused-ring (bicyclic) bond motifs is 1. The third-order valence-electron chi connectivity index (χ3n) is 3.19. The molecule has 0 amide bonds. The van der Waals surface area contributed by atoms with Crippen molar-refractivity contribution in [3.63, 3.8) is 0 Å². The maximum Gasteiger partial charge on any atom is 0.491 e. The van der Waals surface area contributed by atoms with E-state index in [0.29, 0.717) is 9.99 Å². The molecule has 0 saturated carbocycles. The number of rotatable bonds is 2. The van der Waals surface area contributed by atoms with Crippen molar-refractivity contribution in [3.05, 3.63) is 40.2 Å². The molecule has 3 rings (SSSR count). The number of hydrogen-bond acceptors (Lipinski definition) is 5. The summed E-state index contributed by atoms with van der Waals surface area (Å²) in [5.74, 6) is -2.82. The van der Waals surface area contributed by atoms with E-state index >= 15 is 0 Å². The molecule has 2 heterocycles. The topological polar surface area (TPSA) is 83.0 Å². The first-order valence-corrected chi connectivity index (χ1v) is 7.73. The van der Waals surface area contributed by atoms with Crippen LogP contribution in [0.3, 0.4) is 0 Å². The summed E-state index contributed by atoms with van der Waals surface area (Å²) in [4.78, 5) is 19.0. The molecule has 0 saturated heterocycles. The van der Waals surface area contributed by atoms with Gasteiger partial charge in [0.25, 0.3) is 0 Å². The molecule has 6 nitrogen and oxygen atoms in total. The van der Waals surface area contributed by atoms with Crippen LogP contribution < -0.4 is 10.5 Å². The molecule has 0 aliphatic carbocycles. The van der Waals surface area contributed by atoms with Gasteiger partial charge in [-0.1, -0.05) is 15.9 Å². The smallest absolute Gasteiger partial charge is 0.415 e.